The Morgan fingerprint density at radius 1 is 1.17 bits per heavy atom. The van der Waals surface area contributed by atoms with Crippen LogP contribution in [0.15, 0.2) is 36.5 Å². The van der Waals surface area contributed by atoms with Crippen molar-refractivity contribution >= 4 is 5.91 Å². The largest absolute Gasteiger partial charge is 0.351 e. The Hall–Kier alpha value is -2.54. The van der Waals surface area contributed by atoms with Gasteiger partial charge in [-0.15, -0.1) is 0 Å². The lowest BCUT2D eigenvalue weighted by Gasteiger charge is -2.13. The standard InChI is InChI=1S/C20H25N3O/c1-3-5-6-9-13-22-20(24)19-17(15-21)12-14-23(19)18-11-8-7-10-16(18)4-2/h7-8,10-12,14H,3-6,9,13H2,1-2H3,(H,22,24). The zero-order valence-electron chi connectivity index (χ0n) is 14.5. The number of aromatic nitrogens is 1. The van der Waals surface area contributed by atoms with Gasteiger partial charge in [0.15, 0.2) is 0 Å². The summed E-state index contributed by atoms with van der Waals surface area (Å²) in [4.78, 5) is 12.6. The molecule has 0 fully saturated rings. The molecule has 1 aromatic carbocycles. The van der Waals surface area contributed by atoms with E-state index in [9.17, 15) is 10.1 Å². The summed E-state index contributed by atoms with van der Waals surface area (Å²) in [6.45, 7) is 4.89. The molecule has 0 aliphatic carbocycles. The van der Waals surface area contributed by atoms with E-state index >= 15 is 0 Å². The quantitative estimate of drug-likeness (QED) is 0.739. The molecule has 24 heavy (non-hydrogen) atoms. The van der Waals surface area contributed by atoms with Crippen molar-refractivity contribution in [3.63, 3.8) is 0 Å². The van der Waals surface area contributed by atoms with Crippen molar-refractivity contribution in [3.05, 3.63) is 53.3 Å². The van der Waals surface area contributed by atoms with Crippen LogP contribution in [0.2, 0.25) is 0 Å². The first-order chi connectivity index (χ1) is 11.7. The number of benzene rings is 1. The molecule has 0 radical (unpaired) electrons. The molecule has 1 heterocycles. The predicted molar refractivity (Wildman–Crippen MR) is 96.3 cm³/mol. The lowest BCUT2D eigenvalue weighted by molar-refractivity contribution is 0.0946. The highest BCUT2D eigenvalue weighted by atomic mass is 16.1. The molecule has 4 nitrogen and oxygen atoms in total. The molecule has 1 aromatic heterocycles. The second-order valence-corrected chi connectivity index (χ2v) is 5.86. The highest BCUT2D eigenvalue weighted by Gasteiger charge is 2.18. The number of nitrogens with zero attached hydrogens (tertiary/aromatic N) is 2. The first-order valence-electron chi connectivity index (χ1n) is 8.70. The number of unbranched alkanes of at least 4 members (excludes halogenated alkanes) is 3. The van der Waals surface area contributed by atoms with Gasteiger partial charge in [0.05, 0.1) is 5.56 Å². The van der Waals surface area contributed by atoms with Crippen molar-refractivity contribution in [1.82, 2.24) is 9.88 Å². The third-order valence-corrected chi connectivity index (χ3v) is 4.17. The molecule has 1 N–H and O–H groups in total. The lowest BCUT2D eigenvalue weighted by Crippen LogP contribution is -2.27. The zero-order valence-corrected chi connectivity index (χ0v) is 14.5. The number of hydrogen-bond donors (Lipinski definition) is 1. The molecule has 0 unspecified atom stereocenters. The molecule has 0 aliphatic rings. The van der Waals surface area contributed by atoms with Gasteiger partial charge in [0, 0.05) is 18.4 Å². The topological polar surface area (TPSA) is 57.8 Å². The average Bonchev–Trinajstić information content (AvgIpc) is 3.05. The van der Waals surface area contributed by atoms with Crippen molar-refractivity contribution in [3.8, 4) is 11.8 Å². The van der Waals surface area contributed by atoms with Gasteiger partial charge in [-0.1, -0.05) is 51.3 Å². The van der Waals surface area contributed by atoms with Crippen LogP contribution in [0.3, 0.4) is 0 Å². The van der Waals surface area contributed by atoms with E-state index in [1.807, 2.05) is 28.8 Å². The number of nitrogens with one attached hydrogen (secondary N) is 1. The molecular weight excluding hydrogens is 298 g/mol. The van der Waals surface area contributed by atoms with Crippen molar-refractivity contribution < 1.29 is 4.79 Å². The molecule has 0 spiro atoms. The summed E-state index contributed by atoms with van der Waals surface area (Å²) >= 11 is 0. The maximum Gasteiger partial charge on any atom is 0.269 e. The minimum absolute atomic E-state index is 0.182. The molecule has 0 saturated heterocycles. The molecule has 126 valence electrons. The van der Waals surface area contributed by atoms with E-state index in [4.69, 9.17) is 0 Å². The van der Waals surface area contributed by atoms with E-state index < -0.39 is 0 Å². The average molecular weight is 323 g/mol. The van der Waals surface area contributed by atoms with Crippen LogP contribution >= 0.6 is 0 Å². The van der Waals surface area contributed by atoms with E-state index in [1.54, 1.807) is 12.3 Å². The number of carbonyl (C=O) groups is 1. The molecular formula is C20H25N3O. The first-order valence-corrected chi connectivity index (χ1v) is 8.70. The summed E-state index contributed by atoms with van der Waals surface area (Å²) in [5.41, 5.74) is 2.94. The van der Waals surface area contributed by atoms with E-state index in [2.05, 4.69) is 25.2 Å². The van der Waals surface area contributed by atoms with E-state index in [-0.39, 0.29) is 5.91 Å². The Bertz CT molecular complexity index is 725. The summed E-state index contributed by atoms with van der Waals surface area (Å²) in [6, 6.07) is 11.8. The van der Waals surface area contributed by atoms with Crippen molar-refractivity contribution in [1.29, 1.82) is 5.26 Å². The molecule has 0 atom stereocenters. The Kier molecular flexibility index (Phi) is 6.62. The molecule has 2 rings (SSSR count). The minimum atomic E-state index is -0.182. The molecule has 0 saturated carbocycles. The first kappa shape index (κ1) is 17.8. The highest BCUT2D eigenvalue weighted by Crippen LogP contribution is 2.21. The van der Waals surface area contributed by atoms with E-state index in [0.29, 0.717) is 17.8 Å². The fourth-order valence-corrected chi connectivity index (χ4v) is 2.84. The maximum absolute atomic E-state index is 12.6. The number of hydrogen-bond acceptors (Lipinski definition) is 2. The smallest absolute Gasteiger partial charge is 0.269 e. The van der Waals surface area contributed by atoms with Gasteiger partial charge in [0.1, 0.15) is 11.8 Å². The van der Waals surface area contributed by atoms with Crippen LogP contribution < -0.4 is 5.32 Å². The zero-order chi connectivity index (χ0) is 17.4. The second-order valence-electron chi connectivity index (χ2n) is 5.86. The number of carbonyl (C=O) groups excluding carboxylic acids is 1. The van der Waals surface area contributed by atoms with Gasteiger partial charge in [0.25, 0.3) is 5.91 Å². The number of nitriles is 1. The number of para-hydroxylation sites is 1. The monoisotopic (exact) mass is 323 g/mol. The third kappa shape index (κ3) is 4.05. The summed E-state index contributed by atoms with van der Waals surface area (Å²) in [7, 11) is 0. The van der Waals surface area contributed by atoms with Gasteiger partial charge in [0.2, 0.25) is 0 Å². The Balaban J connectivity index is 2.24. The Morgan fingerprint density at radius 3 is 2.67 bits per heavy atom. The molecule has 0 bridgehead atoms. The fraction of sp³-hybridized carbons (Fsp3) is 0.400. The van der Waals surface area contributed by atoms with Gasteiger partial charge in [-0.25, -0.2) is 0 Å². The van der Waals surface area contributed by atoms with E-state index in [1.165, 1.54) is 12.8 Å². The second kappa shape index (κ2) is 8.93. The highest BCUT2D eigenvalue weighted by molar-refractivity contribution is 5.96. The van der Waals surface area contributed by atoms with Crippen LogP contribution in [0, 0.1) is 11.3 Å². The van der Waals surface area contributed by atoms with E-state index in [0.717, 1.165) is 30.5 Å². The van der Waals surface area contributed by atoms with Gasteiger partial charge < -0.3 is 9.88 Å². The number of aryl methyl sites for hydroxylation is 1. The minimum Gasteiger partial charge on any atom is -0.351 e. The number of rotatable bonds is 8. The molecule has 2 aromatic rings. The van der Waals surface area contributed by atoms with Crippen LogP contribution in [-0.2, 0) is 6.42 Å². The van der Waals surface area contributed by atoms with Gasteiger partial charge in [-0.05, 0) is 30.5 Å². The Morgan fingerprint density at radius 2 is 1.96 bits per heavy atom. The molecule has 1 amide bonds. The number of amides is 1. The summed E-state index contributed by atoms with van der Waals surface area (Å²) in [5, 5.41) is 12.3. The van der Waals surface area contributed by atoms with Crippen LogP contribution in [-0.4, -0.2) is 17.0 Å². The van der Waals surface area contributed by atoms with Gasteiger partial charge in [-0.2, -0.15) is 5.26 Å². The lowest BCUT2D eigenvalue weighted by atomic mass is 10.1. The Labute approximate surface area is 144 Å². The fourth-order valence-electron chi connectivity index (χ4n) is 2.84. The summed E-state index contributed by atoms with van der Waals surface area (Å²) in [6.07, 6.45) is 7.10. The SMILES string of the molecule is CCCCCCNC(=O)c1c(C#N)ccn1-c1ccccc1CC. The van der Waals surface area contributed by atoms with Gasteiger partial charge >= 0.3 is 0 Å². The van der Waals surface area contributed by atoms with Crippen molar-refractivity contribution in [2.24, 2.45) is 0 Å². The maximum atomic E-state index is 12.6. The van der Waals surface area contributed by atoms with Crippen molar-refractivity contribution in [2.75, 3.05) is 6.54 Å². The van der Waals surface area contributed by atoms with Crippen LogP contribution in [0.4, 0.5) is 0 Å². The van der Waals surface area contributed by atoms with Crippen LogP contribution in [0.1, 0.15) is 61.1 Å². The molecule has 0 aliphatic heterocycles. The normalized spacial score (nSPS) is 10.4. The molecule has 4 heteroatoms. The van der Waals surface area contributed by atoms with Crippen molar-refractivity contribution in [2.45, 2.75) is 46.0 Å². The van der Waals surface area contributed by atoms with Crippen LogP contribution in [0.5, 0.6) is 0 Å². The van der Waals surface area contributed by atoms with Crippen LogP contribution in [0.25, 0.3) is 5.69 Å². The summed E-state index contributed by atoms with van der Waals surface area (Å²) < 4.78 is 1.83. The summed E-state index contributed by atoms with van der Waals surface area (Å²) in [5.74, 6) is -0.182. The predicted octanol–water partition coefficient (Wildman–Crippen LogP) is 4.22. The third-order valence-electron chi connectivity index (χ3n) is 4.17. The van der Waals surface area contributed by atoms with Gasteiger partial charge in [-0.3, -0.25) is 4.79 Å².